The van der Waals surface area contributed by atoms with Crippen molar-refractivity contribution in [3.8, 4) is 0 Å². The van der Waals surface area contributed by atoms with Crippen LogP contribution < -0.4 is 16.0 Å². The van der Waals surface area contributed by atoms with Crippen molar-refractivity contribution in [2.24, 2.45) is 5.92 Å². The fourth-order valence-corrected chi connectivity index (χ4v) is 3.91. The quantitative estimate of drug-likeness (QED) is 0.220. The van der Waals surface area contributed by atoms with E-state index in [9.17, 15) is 28.4 Å². The molecule has 12 heteroatoms. The summed E-state index contributed by atoms with van der Waals surface area (Å²) in [5.41, 5.74) is -0.0642. The lowest BCUT2D eigenvalue weighted by Gasteiger charge is -2.24. The summed E-state index contributed by atoms with van der Waals surface area (Å²) in [6.45, 7) is 7.92. The Morgan fingerprint density at radius 2 is 1.89 bits per heavy atom. The van der Waals surface area contributed by atoms with E-state index in [1.807, 2.05) is 0 Å². The average molecular weight is 549 g/mol. The molecule has 10 nitrogen and oxygen atoms in total. The Labute approximate surface area is 225 Å². The van der Waals surface area contributed by atoms with Gasteiger partial charge in [0.2, 0.25) is 5.91 Å². The Balaban J connectivity index is 2.42. The van der Waals surface area contributed by atoms with Gasteiger partial charge in [-0.15, -0.1) is 0 Å². The van der Waals surface area contributed by atoms with Crippen molar-refractivity contribution in [3.63, 3.8) is 0 Å². The van der Waals surface area contributed by atoms with Gasteiger partial charge in [0, 0.05) is 12.7 Å². The molecular formula is C26H33FN4O6S. The van der Waals surface area contributed by atoms with Gasteiger partial charge in [-0.1, -0.05) is 31.7 Å². The first-order valence-corrected chi connectivity index (χ1v) is 13.1. The smallest absolute Gasteiger partial charge is 0.329 e. The van der Waals surface area contributed by atoms with Crippen molar-refractivity contribution < 1.29 is 33.1 Å². The molecule has 0 radical (unpaired) electrons. The Hall–Kier alpha value is -3.54. The third kappa shape index (κ3) is 9.40. The standard InChI is InChI=1S/C26H33FN4O6S/c1-14(2)21-24(34)31-22(15(3)4)26(36)37-18(8-6-7-11-38-16(5)32)12-20(33)28-13-17-9-10-19(27)23(29-17)25(35)30-21/h6,8-10,15,18,22H,7,11-13H2,1-5H3,(H,28,33)(H,30,35)(H,31,34)/b8-6+/t18-,22+/m1/s1. The molecule has 0 saturated carbocycles. The van der Waals surface area contributed by atoms with Crippen LogP contribution in [0.3, 0.4) is 0 Å². The number of allylic oxidation sites excluding steroid dienone is 2. The molecular weight excluding hydrogens is 515 g/mol. The summed E-state index contributed by atoms with van der Waals surface area (Å²) in [6, 6.07) is 1.27. The van der Waals surface area contributed by atoms with E-state index >= 15 is 0 Å². The van der Waals surface area contributed by atoms with Gasteiger partial charge in [-0.3, -0.25) is 19.2 Å². The second kappa shape index (κ2) is 14.4. The van der Waals surface area contributed by atoms with Crippen LogP contribution >= 0.6 is 11.8 Å². The molecule has 1 aliphatic rings. The molecule has 38 heavy (non-hydrogen) atoms. The van der Waals surface area contributed by atoms with Gasteiger partial charge in [-0.2, -0.15) is 0 Å². The zero-order chi connectivity index (χ0) is 28.4. The highest BCUT2D eigenvalue weighted by Crippen LogP contribution is 2.14. The van der Waals surface area contributed by atoms with E-state index in [2.05, 4.69) is 20.9 Å². The summed E-state index contributed by atoms with van der Waals surface area (Å²) in [7, 11) is 0. The number of esters is 1. The highest BCUT2D eigenvalue weighted by molar-refractivity contribution is 8.13. The first-order valence-electron chi connectivity index (χ1n) is 12.1. The maximum Gasteiger partial charge on any atom is 0.329 e. The molecule has 0 fully saturated rings. The van der Waals surface area contributed by atoms with Crippen molar-refractivity contribution in [2.75, 3.05) is 5.75 Å². The van der Waals surface area contributed by atoms with Crippen LogP contribution in [0.5, 0.6) is 0 Å². The minimum atomic E-state index is -1.10. The minimum absolute atomic E-state index is 0.0195. The molecule has 0 unspecified atom stereocenters. The second-order valence-electron chi connectivity index (χ2n) is 9.17. The summed E-state index contributed by atoms with van der Waals surface area (Å²) < 4.78 is 20.0. The van der Waals surface area contributed by atoms with Gasteiger partial charge in [0.05, 0.1) is 18.7 Å². The van der Waals surface area contributed by atoms with Crippen molar-refractivity contribution in [1.29, 1.82) is 0 Å². The zero-order valence-corrected chi connectivity index (χ0v) is 22.9. The van der Waals surface area contributed by atoms with Crippen LogP contribution in [0, 0.1) is 11.7 Å². The number of nitrogens with zero attached hydrogens (tertiary/aromatic N) is 1. The molecule has 2 bridgehead atoms. The second-order valence-corrected chi connectivity index (χ2v) is 10.4. The maximum atomic E-state index is 14.4. The molecule has 0 saturated heterocycles. The summed E-state index contributed by atoms with van der Waals surface area (Å²) in [6.07, 6.45) is 2.62. The number of carbonyl (C=O) groups is 5. The lowest BCUT2D eigenvalue weighted by Crippen LogP contribution is -2.49. The van der Waals surface area contributed by atoms with Gasteiger partial charge < -0.3 is 20.7 Å². The van der Waals surface area contributed by atoms with Crippen LogP contribution in [0.15, 0.2) is 35.6 Å². The van der Waals surface area contributed by atoms with Crippen molar-refractivity contribution in [1.82, 2.24) is 20.9 Å². The third-order valence-corrected chi connectivity index (χ3v) is 6.20. The molecule has 2 atom stereocenters. The molecule has 206 valence electrons. The molecule has 1 aromatic heterocycles. The van der Waals surface area contributed by atoms with Crippen molar-refractivity contribution in [3.05, 3.63) is 52.8 Å². The number of aromatic nitrogens is 1. The van der Waals surface area contributed by atoms with Crippen LogP contribution in [0.25, 0.3) is 0 Å². The molecule has 1 aliphatic heterocycles. The Morgan fingerprint density at radius 1 is 1.18 bits per heavy atom. The lowest BCUT2D eigenvalue weighted by atomic mass is 10.0. The predicted octanol–water partition coefficient (Wildman–Crippen LogP) is 2.54. The number of ether oxygens (including phenoxy) is 1. The van der Waals surface area contributed by atoms with E-state index in [-0.39, 0.29) is 29.5 Å². The number of fused-ring (bicyclic) bond motifs is 2. The van der Waals surface area contributed by atoms with E-state index in [1.54, 1.807) is 39.8 Å². The van der Waals surface area contributed by atoms with Crippen molar-refractivity contribution >= 4 is 40.6 Å². The molecule has 2 heterocycles. The number of halogens is 1. The monoisotopic (exact) mass is 548 g/mol. The minimum Gasteiger partial charge on any atom is -0.456 e. The average Bonchev–Trinajstić information content (AvgIpc) is 2.83. The van der Waals surface area contributed by atoms with Gasteiger partial charge in [0.15, 0.2) is 16.6 Å². The van der Waals surface area contributed by atoms with E-state index < -0.39 is 53.3 Å². The van der Waals surface area contributed by atoms with Crippen LogP contribution in [0.2, 0.25) is 0 Å². The van der Waals surface area contributed by atoms with Crippen LogP contribution in [0.4, 0.5) is 4.39 Å². The van der Waals surface area contributed by atoms with Gasteiger partial charge in [-0.05, 0) is 50.0 Å². The SMILES string of the molecule is CC(=O)SCC/C=C/[C@@H]1CC(=O)NCc2ccc(F)c(n2)C(=O)NC(=C(C)C)C(=O)N[C@@H](C(C)C)C(=O)O1. The summed E-state index contributed by atoms with van der Waals surface area (Å²) >= 11 is 1.15. The summed E-state index contributed by atoms with van der Waals surface area (Å²) in [5.74, 6) is -3.73. The number of nitrogens with one attached hydrogen (secondary N) is 3. The molecule has 0 aliphatic carbocycles. The largest absolute Gasteiger partial charge is 0.456 e. The molecule has 2 rings (SSSR count). The van der Waals surface area contributed by atoms with Gasteiger partial charge in [0.25, 0.3) is 11.8 Å². The highest BCUT2D eigenvalue weighted by atomic mass is 32.2. The maximum absolute atomic E-state index is 14.4. The third-order valence-electron chi connectivity index (χ3n) is 5.35. The van der Waals surface area contributed by atoms with Gasteiger partial charge >= 0.3 is 5.97 Å². The van der Waals surface area contributed by atoms with E-state index in [1.165, 1.54) is 13.0 Å². The number of cyclic esters (lactones) is 1. The van der Waals surface area contributed by atoms with Gasteiger partial charge in [0.1, 0.15) is 17.8 Å². The topological polar surface area (TPSA) is 144 Å². The number of thioether (sulfide) groups is 1. The summed E-state index contributed by atoms with van der Waals surface area (Å²) in [4.78, 5) is 66.7. The number of carbonyl (C=O) groups excluding carboxylic acids is 5. The molecule has 0 aromatic carbocycles. The molecule has 0 spiro atoms. The fraction of sp³-hybridized carbons (Fsp3) is 0.462. The van der Waals surface area contributed by atoms with Crippen LogP contribution in [0.1, 0.15) is 63.6 Å². The normalized spacial score (nSPS) is 19.6. The number of rotatable bonds is 5. The van der Waals surface area contributed by atoms with Crippen molar-refractivity contribution in [2.45, 2.75) is 66.2 Å². The Bertz CT molecular complexity index is 1150. The Morgan fingerprint density at radius 3 is 2.53 bits per heavy atom. The molecule has 3 amide bonds. The number of hydrogen-bond acceptors (Lipinski definition) is 8. The van der Waals surface area contributed by atoms with Crippen LogP contribution in [-0.2, 0) is 30.5 Å². The van der Waals surface area contributed by atoms with E-state index in [4.69, 9.17) is 4.74 Å². The van der Waals surface area contributed by atoms with E-state index in [0.717, 1.165) is 17.8 Å². The highest BCUT2D eigenvalue weighted by Gasteiger charge is 2.30. The number of hydrogen-bond donors (Lipinski definition) is 3. The first kappa shape index (κ1) is 30.7. The molecule has 1 aromatic rings. The fourth-order valence-electron chi connectivity index (χ4n) is 3.37. The number of amides is 3. The van der Waals surface area contributed by atoms with E-state index in [0.29, 0.717) is 17.7 Å². The van der Waals surface area contributed by atoms with Crippen LogP contribution in [-0.4, -0.2) is 51.7 Å². The summed E-state index contributed by atoms with van der Waals surface area (Å²) in [5, 5.41) is 7.57. The predicted molar refractivity (Wildman–Crippen MR) is 140 cm³/mol. The molecule has 3 N–H and O–H groups in total. The Kier molecular flexibility index (Phi) is 11.6. The zero-order valence-electron chi connectivity index (χ0n) is 22.1. The van der Waals surface area contributed by atoms with Gasteiger partial charge in [-0.25, -0.2) is 14.2 Å². The number of pyridine rings is 1. The first-order chi connectivity index (χ1) is 17.9. The lowest BCUT2D eigenvalue weighted by molar-refractivity contribution is -0.153.